The highest BCUT2D eigenvalue weighted by Gasteiger charge is 2.17. The minimum Gasteiger partial charge on any atom is -0.505 e. The number of hydrogen-bond acceptors (Lipinski definition) is 5. The van der Waals surface area contributed by atoms with E-state index < -0.39 is 0 Å². The summed E-state index contributed by atoms with van der Waals surface area (Å²) in [5.41, 5.74) is 2.27. The Morgan fingerprint density at radius 1 is 0.743 bits per heavy atom. The highest BCUT2D eigenvalue weighted by atomic mass is 16.5. The Morgan fingerprint density at radius 3 is 1.91 bits per heavy atom. The fourth-order valence-electron chi connectivity index (χ4n) is 3.63. The van der Waals surface area contributed by atoms with Gasteiger partial charge >= 0.3 is 5.97 Å². The Morgan fingerprint density at radius 2 is 1.34 bits per heavy atom. The summed E-state index contributed by atoms with van der Waals surface area (Å²) in [7, 11) is 0. The van der Waals surface area contributed by atoms with Gasteiger partial charge in [-0.2, -0.15) is 0 Å². The fraction of sp³-hybridized carbons (Fsp3) is 0.333. The van der Waals surface area contributed by atoms with Gasteiger partial charge in [0.15, 0.2) is 5.78 Å². The highest BCUT2D eigenvalue weighted by Crippen LogP contribution is 2.32. The summed E-state index contributed by atoms with van der Waals surface area (Å²) in [6.45, 7) is 8.31. The average Bonchev–Trinajstić information content (AvgIpc) is 2.91. The zero-order valence-corrected chi connectivity index (χ0v) is 21.1. The minimum absolute atomic E-state index is 0.0602. The van der Waals surface area contributed by atoms with Crippen LogP contribution in [-0.4, -0.2) is 36.6 Å². The molecule has 3 aromatic rings. The molecule has 0 fully saturated rings. The second-order valence-corrected chi connectivity index (χ2v) is 8.10. The summed E-state index contributed by atoms with van der Waals surface area (Å²) < 4.78 is 5.14. The third-order valence-corrected chi connectivity index (χ3v) is 5.64. The number of nitrogens with zero attached hydrogens (tertiary/aromatic N) is 1. The first kappa shape index (κ1) is 27.6. The predicted octanol–water partition coefficient (Wildman–Crippen LogP) is 6.89. The molecule has 0 aliphatic carbocycles. The maximum atomic E-state index is 12.4. The average molecular weight is 476 g/mol. The summed E-state index contributed by atoms with van der Waals surface area (Å²) >= 11 is 0. The van der Waals surface area contributed by atoms with Gasteiger partial charge in [-0.25, -0.2) is 4.79 Å². The third kappa shape index (κ3) is 8.60. The Kier molecular flexibility index (Phi) is 12.1. The summed E-state index contributed by atoms with van der Waals surface area (Å²) in [6, 6.07) is 23.4. The molecular weight excluding hydrogens is 438 g/mol. The Bertz CT molecular complexity index is 1030. The number of para-hydroxylation sites is 1. The monoisotopic (exact) mass is 475 g/mol. The molecule has 0 saturated heterocycles. The van der Waals surface area contributed by atoms with Gasteiger partial charge < -0.3 is 14.7 Å². The van der Waals surface area contributed by atoms with Gasteiger partial charge in [0.25, 0.3) is 0 Å². The molecule has 0 amide bonds. The van der Waals surface area contributed by atoms with Crippen LogP contribution in [0.15, 0.2) is 78.9 Å². The van der Waals surface area contributed by atoms with Crippen molar-refractivity contribution in [1.82, 2.24) is 0 Å². The lowest BCUT2D eigenvalue weighted by Gasteiger charge is -2.22. The number of esters is 1. The number of anilines is 1. The van der Waals surface area contributed by atoms with Gasteiger partial charge in [-0.05, 0) is 44.5 Å². The van der Waals surface area contributed by atoms with Gasteiger partial charge in [-0.1, -0.05) is 80.8 Å². The van der Waals surface area contributed by atoms with E-state index in [-0.39, 0.29) is 17.5 Å². The molecule has 0 saturated carbocycles. The zero-order valence-electron chi connectivity index (χ0n) is 21.1. The molecule has 0 aromatic heterocycles. The molecule has 0 aliphatic rings. The van der Waals surface area contributed by atoms with E-state index in [0.29, 0.717) is 29.0 Å². The maximum Gasteiger partial charge on any atom is 0.338 e. The molecule has 0 aliphatic heterocycles. The lowest BCUT2D eigenvalue weighted by atomic mass is 10.0. The van der Waals surface area contributed by atoms with E-state index in [0.717, 1.165) is 25.9 Å². The second-order valence-electron chi connectivity index (χ2n) is 8.10. The number of unbranched alkanes of at least 4 members (excludes halogenated alkanes) is 3. The zero-order chi connectivity index (χ0) is 25.5. The van der Waals surface area contributed by atoms with E-state index in [1.165, 1.54) is 12.8 Å². The summed E-state index contributed by atoms with van der Waals surface area (Å²) in [5, 5.41) is 10.4. The molecule has 3 rings (SSSR count). The van der Waals surface area contributed by atoms with Crippen molar-refractivity contribution in [1.29, 1.82) is 0 Å². The molecule has 5 heteroatoms. The van der Waals surface area contributed by atoms with E-state index in [2.05, 4.69) is 6.92 Å². The van der Waals surface area contributed by atoms with Gasteiger partial charge in [0.05, 0.1) is 23.4 Å². The van der Waals surface area contributed by atoms with Crippen LogP contribution in [0.2, 0.25) is 0 Å². The number of rotatable bonds is 11. The van der Waals surface area contributed by atoms with Gasteiger partial charge in [0.1, 0.15) is 5.75 Å². The maximum absolute atomic E-state index is 12.4. The predicted molar refractivity (Wildman–Crippen MR) is 142 cm³/mol. The Hall–Kier alpha value is -3.60. The van der Waals surface area contributed by atoms with Crippen LogP contribution in [0.5, 0.6) is 5.75 Å². The van der Waals surface area contributed by atoms with Gasteiger partial charge in [0.2, 0.25) is 0 Å². The minimum atomic E-state index is -0.216. The van der Waals surface area contributed by atoms with Crippen LogP contribution in [0.3, 0.4) is 0 Å². The number of ether oxygens (including phenoxy) is 1. The van der Waals surface area contributed by atoms with Crippen molar-refractivity contribution in [2.75, 3.05) is 24.6 Å². The van der Waals surface area contributed by atoms with Crippen LogP contribution in [-0.2, 0) is 4.74 Å². The molecule has 0 heterocycles. The fourth-order valence-corrected chi connectivity index (χ4v) is 3.63. The van der Waals surface area contributed by atoms with Crippen molar-refractivity contribution in [3.8, 4) is 5.75 Å². The summed E-state index contributed by atoms with van der Waals surface area (Å²) in [6.07, 6.45) is 4.51. The summed E-state index contributed by atoms with van der Waals surface area (Å²) in [4.78, 5) is 25.9. The molecule has 5 nitrogen and oxygen atoms in total. The summed E-state index contributed by atoms with van der Waals surface area (Å²) in [5.74, 6) is -0.311. The molecule has 3 aromatic carbocycles. The number of carbonyl (C=O) groups excluding carboxylic acids is 2. The standard InChI is InChI=1S/C17H19NO2.C13H18O2/c1-3-18(4-2)15-12-8-11-14(17(15)20)16(19)13-9-6-5-7-10-13;1-2-3-4-8-11-15-13(14)12-9-6-5-7-10-12/h5-12,20H,3-4H2,1-2H3;5-7,9-10H,2-4,8,11H2,1H3. The topological polar surface area (TPSA) is 66.8 Å². The molecule has 1 N–H and O–H groups in total. The number of phenols is 1. The Labute approximate surface area is 209 Å². The molecule has 0 spiro atoms. The number of aromatic hydroxyl groups is 1. The smallest absolute Gasteiger partial charge is 0.338 e. The third-order valence-electron chi connectivity index (χ3n) is 5.64. The molecule has 0 atom stereocenters. The van der Waals surface area contributed by atoms with Crippen molar-refractivity contribution in [3.63, 3.8) is 0 Å². The van der Waals surface area contributed by atoms with Gasteiger partial charge in [-0.15, -0.1) is 0 Å². The number of phenolic OH excluding ortho intramolecular Hbond substituents is 1. The second kappa shape index (κ2) is 15.3. The van der Waals surface area contributed by atoms with Crippen LogP contribution in [0.4, 0.5) is 5.69 Å². The van der Waals surface area contributed by atoms with Crippen molar-refractivity contribution < 1.29 is 19.4 Å². The van der Waals surface area contributed by atoms with Crippen LogP contribution >= 0.6 is 0 Å². The first-order chi connectivity index (χ1) is 17.0. The lowest BCUT2D eigenvalue weighted by Crippen LogP contribution is -2.22. The van der Waals surface area contributed by atoms with Crippen LogP contribution in [0.25, 0.3) is 0 Å². The normalized spacial score (nSPS) is 10.1. The van der Waals surface area contributed by atoms with Gasteiger partial charge in [0, 0.05) is 18.7 Å². The van der Waals surface area contributed by atoms with Crippen LogP contribution in [0, 0.1) is 0 Å². The van der Waals surface area contributed by atoms with Crippen molar-refractivity contribution in [2.45, 2.75) is 46.5 Å². The quantitative estimate of drug-likeness (QED) is 0.186. The van der Waals surface area contributed by atoms with Crippen molar-refractivity contribution >= 4 is 17.4 Å². The van der Waals surface area contributed by atoms with E-state index in [1.807, 2.05) is 67.3 Å². The molecule has 186 valence electrons. The molecule has 0 bridgehead atoms. The lowest BCUT2D eigenvalue weighted by molar-refractivity contribution is 0.0497. The highest BCUT2D eigenvalue weighted by molar-refractivity contribution is 6.11. The SMILES string of the molecule is CCCCCCOC(=O)c1ccccc1.CCN(CC)c1cccc(C(=O)c2ccccc2)c1O. The van der Waals surface area contributed by atoms with Crippen molar-refractivity contribution in [3.05, 3.63) is 95.6 Å². The Balaban J connectivity index is 0.000000258. The molecule has 0 radical (unpaired) electrons. The molecular formula is C30H37NO4. The van der Waals surface area contributed by atoms with Crippen molar-refractivity contribution in [2.24, 2.45) is 0 Å². The number of ketones is 1. The van der Waals surface area contributed by atoms with Crippen LogP contribution in [0.1, 0.15) is 72.7 Å². The number of benzene rings is 3. The van der Waals surface area contributed by atoms with E-state index >= 15 is 0 Å². The van der Waals surface area contributed by atoms with E-state index in [1.54, 1.807) is 30.3 Å². The van der Waals surface area contributed by atoms with Crippen LogP contribution < -0.4 is 4.90 Å². The first-order valence-electron chi connectivity index (χ1n) is 12.4. The van der Waals surface area contributed by atoms with E-state index in [9.17, 15) is 14.7 Å². The number of carbonyl (C=O) groups is 2. The molecule has 0 unspecified atom stereocenters. The first-order valence-corrected chi connectivity index (χ1v) is 12.4. The molecule has 35 heavy (non-hydrogen) atoms. The van der Waals surface area contributed by atoms with Gasteiger partial charge in [-0.3, -0.25) is 4.79 Å². The largest absolute Gasteiger partial charge is 0.505 e. The van der Waals surface area contributed by atoms with E-state index in [4.69, 9.17) is 4.74 Å². The number of hydrogen-bond donors (Lipinski definition) is 1.